The van der Waals surface area contributed by atoms with Crippen LogP contribution in [-0.4, -0.2) is 35.1 Å². The summed E-state index contributed by atoms with van der Waals surface area (Å²) in [5.74, 6) is 0. The minimum atomic E-state index is 0.446. The van der Waals surface area contributed by atoms with Crippen molar-refractivity contribution in [2.45, 2.75) is 65.1 Å². The Morgan fingerprint density at radius 2 is 2.32 bits per heavy atom. The number of aryl methyl sites for hydroxylation is 1. The third kappa shape index (κ3) is 3.56. The molecule has 1 aromatic rings. The largest absolute Gasteiger partial charge is 0.311 e. The first kappa shape index (κ1) is 14.9. The van der Waals surface area contributed by atoms with E-state index in [1.165, 1.54) is 22.7 Å². The summed E-state index contributed by atoms with van der Waals surface area (Å²) < 4.78 is 0. The highest BCUT2D eigenvalue weighted by molar-refractivity contribution is 7.11. The average Bonchev–Trinajstić information content (AvgIpc) is 2.89. The van der Waals surface area contributed by atoms with Crippen molar-refractivity contribution in [1.29, 1.82) is 0 Å². The highest BCUT2D eigenvalue weighted by Crippen LogP contribution is 2.28. The van der Waals surface area contributed by atoms with Crippen LogP contribution in [0.25, 0.3) is 0 Å². The zero-order valence-corrected chi connectivity index (χ0v) is 13.5. The first-order chi connectivity index (χ1) is 9.15. The van der Waals surface area contributed by atoms with Gasteiger partial charge >= 0.3 is 0 Å². The van der Waals surface area contributed by atoms with Crippen molar-refractivity contribution in [3.8, 4) is 0 Å². The topological polar surface area (TPSA) is 28.2 Å². The van der Waals surface area contributed by atoms with E-state index >= 15 is 0 Å². The molecule has 1 aromatic heterocycles. The molecule has 0 amide bonds. The minimum Gasteiger partial charge on any atom is -0.311 e. The monoisotopic (exact) mass is 281 g/mol. The van der Waals surface area contributed by atoms with E-state index in [4.69, 9.17) is 0 Å². The number of hydrogen-bond acceptors (Lipinski definition) is 4. The van der Waals surface area contributed by atoms with Crippen molar-refractivity contribution in [3.63, 3.8) is 0 Å². The summed E-state index contributed by atoms with van der Waals surface area (Å²) in [6, 6.07) is 1.69. The molecule has 3 nitrogen and oxygen atoms in total. The number of thiazole rings is 1. The number of aromatic nitrogens is 1. The van der Waals surface area contributed by atoms with Crippen LogP contribution in [0.5, 0.6) is 0 Å². The molecule has 1 saturated heterocycles. The van der Waals surface area contributed by atoms with Crippen molar-refractivity contribution in [2.75, 3.05) is 13.1 Å². The second-order valence-electron chi connectivity index (χ2n) is 5.63. The standard InChI is InChI=1S/C15H27N3S/c1-5-7-13-10-18(11(3)8-16-13)12(4)15-17-9-14(6-2)19-15/h9,11-13,16H,5-8,10H2,1-4H3. The maximum absolute atomic E-state index is 4.62. The molecule has 3 unspecified atom stereocenters. The summed E-state index contributed by atoms with van der Waals surface area (Å²) in [6.45, 7) is 11.3. The predicted octanol–water partition coefficient (Wildman–Crippen LogP) is 3.23. The van der Waals surface area contributed by atoms with E-state index in [9.17, 15) is 0 Å². The molecule has 0 aromatic carbocycles. The van der Waals surface area contributed by atoms with Gasteiger partial charge in [0.1, 0.15) is 5.01 Å². The number of rotatable bonds is 5. The van der Waals surface area contributed by atoms with Gasteiger partial charge < -0.3 is 5.32 Å². The third-order valence-corrected chi connectivity index (χ3v) is 5.42. The molecule has 2 rings (SSSR count). The van der Waals surface area contributed by atoms with Crippen molar-refractivity contribution in [3.05, 3.63) is 16.1 Å². The highest BCUT2D eigenvalue weighted by atomic mass is 32.1. The summed E-state index contributed by atoms with van der Waals surface area (Å²) in [7, 11) is 0. The highest BCUT2D eigenvalue weighted by Gasteiger charge is 2.29. The van der Waals surface area contributed by atoms with E-state index in [-0.39, 0.29) is 0 Å². The summed E-state index contributed by atoms with van der Waals surface area (Å²) in [4.78, 5) is 8.64. The zero-order valence-electron chi connectivity index (χ0n) is 12.6. The Morgan fingerprint density at radius 3 is 2.95 bits per heavy atom. The maximum Gasteiger partial charge on any atom is 0.110 e. The molecule has 0 spiro atoms. The van der Waals surface area contributed by atoms with Gasteiger partial charge in [-0.1, -0.05) is 20.3 Å². The van der Waals surface area contributed by atoms with E-state index in [2.05, 4.69) is 42.9 Å². The Morgan fingerprint density at radius 1 is 1.53 bits per heavy atom. The van der Waals surface area contributed by atoms with Gasteiger partial charge in [0.25, 0.3) is 0 Å². The molecule has 3 atom stereocenters. The number of nitrogens with zero attached hydrogens (tertiary/aromatic N) is 2. The smallest absolute Gasteiger partial charge is 0.110 e. The number of piperazine rings is 1. The molecule has 1 aliphatic rings. The Kier molecular flexibility index (Phi) is 5.37. The van der Waals surface area contributed by atoms with Crippen molar-refractivity contribution >= 4 is 11.3 Å². The molecule has 19 heavy (non-hydrogen) atoms. The number of hydrogen-bond donors (Lipinski definition) is 1. The summed E-state index contributed by atoms with van der Waals surface area (Å²) in [5, 5.41) is 4.94. The van der Waals surface area contributed by atoms with Crippen molar-refractivity contribution in [2.24, 2.45) is 0 Å². The normalized spacial score (nSPS) is 26.5. The molecule has 1 aliphatic heterocycles. The van der Waals surface area contributed by atoms with Crippen LogP contribution in [0.3, 0.4) is 0 Å². The molecule has 108 valence electrons. The van der Waals surface area contributed by atoms with Gasteiger partial charge in [-0.25, -0.2) is 4.98 Å². The first-order valence-corrected chi connectivity index (χ1v) is 8.41. The lowest BCUT2D eigenvalue weighted by Crippen LogP contribution is -2.55. The van der Waals surface area contributed by atoms with E-state index in [0.29, 0.717) is 18.1 Å². The van der Waals surface area contributed by atoms with E-state index in [0.717, 1.165) is 19.5 Å². The maximum atomic E-state index is 4.62. The summed E-state index contributed by atoms with van der Waals surface area (Å²) in [5.41, 5.74) is 0. The zero-order chi connectivity index (χ0) is 13.8. The molecular weight excluding hydrogens is 254 g/mol. The molecule has 1 fully saturated rings. The van der Waals surface area contributed by atoms with Gasteiger partial charge in [-0.3, -0.25) is 4.90 Å². The van der Waals surface area contributed by atoms with Crippen molar-refractivity contribution in [1.82, 2.24) is 15.2 Å². The third-order valence-electron chi connectivity index (χ3n) is 4.11. The lowest BCUT2D eigenvalue weighted by atomic mass is 10.0. The van der Waals surface area contributed by atoms with Crippen LogP contribution in [0.1, 0.15) is 56.5 Å². The van der Waals surface area contributed by atoms with Gasteiger partial charge in [-0.05, 0) is 26.7 Å². The van der Waals surface area contributed by atoms with Gasteiger partial charge in [0, 0.05) is 36.2 Å². The Hall–Kier alpha value is -0.450. The molecule has 4 heteroatoms. The van der Waals surface area contributed by atoms with Crippen LogP contribution in [0.2, 0.25) is 0 Å². The lowest BCUT2D eigenvalue weighted by Gasteiger charge is -2.41. The van der Waals surface area contributed by atoms with Crippen LogP contribution in [0, 0.1) is 0 Å². The van der Waals surface area contributed by atoms with Gasteiger partial charge in [0.15, 0.2) is 0 Å². The Balaban J connectivity index is 2.05. The Labute approximate surface area is 121 Å². The first-order valence-electron chi connectivity index (χ1n) is 7.59. The molecule has 0 radical (unpaired) electrons. The van der Waals surface area contributed by atoms with Crippen LogP contribution in [-0.2, 0) is 6.42 Å². The molecular formula is C15H27N3S. The minimum absolute atomic E-state index is 0.446. The van der Waals surface area contributed by atoms with Gasteiger partial charge in [0.05, 0.1) is 6.04 Å². The van der Waals surface area contributed by atoms with E-state index < -0.39 is 0 Å². The second kappa shape index (κ2) is 6.82. The molecule has 1 N–H and O–H groups in total. The Bertz CT molecular complexity index is 390. The predicted molar refractivity (Wildman–Crippen MR) is 82.8 cm³/mol. The summed E-state index contributed by atoms with van der Waals surface area (Å²) in [6.07, 6.45) is 5.67. The van der Waals surface area contributed by atoms with Crippen LogP contribution in [0.15, 0.2) is 6.20 Å². The van der Waals surface area contributed by atoms with Gasteiger partial charge in [0.2, 0.25) is 0 Å². The second-order valence-corrected chi connectivity index (χ2v) is 6.78. The summed E-state index contributed by atoms with van der Waals surface area (Å²) >= 11 is 1.88. The van der Waals surface area contributed by atoms with Crippen molar-refractivity contribution < 1.29 is 0 Å². The van der Waals surface area contributed by atoms with Crippen LogP contribution < -0.4 is 5.32 Å². The van der Waals surface area contributed by atoms with Gasteiger partial charge in [-0.15, -0.1) is 11.3 Å². The van der Waals surface area contributed by atoms with Crippen LogP contribution >= 0.6 is 11.3 Å². The van der Waals surface area contributed by atoms with Crippen LogP contribution in [0.4, 0.5) is 0 Å². The number of nitrogens with one attached hydrogen (secondary N) is 1. The SMILES string of the molecule is CCCC1CN(C(C)c2ncc(CC)s2)C(C)CN1. The fraction of sp³-hybridized carbons (Fsp3) is 0.800. The molecule has 2 heterocycles. The fourth-order valence-electron chi connectivity index (χ4n) is 2.86. The van der Waals surface area contributed by atoms with E-state index in [1.54, 1.807) is 0 Å². The molecule has 0 bridgehead atoms. The molecule has 0 saturated carbocycles. The molecule has 0 aliphatic carbocycles. The quantitative estimate of drug-likeness (QED) is 0.898. The van der Waals surface area contributed by atoms with Gasteiger partial charge in [-0.2, -0.15) is 0 Å². The lowest BCUT2D eigenvalue weighted by molar-refractivity contribution is 0.0958. The van der Waals surface area contributed by atoms with E-state index in [1.807, 2.05) is 17.5 Å². The average molecular weight is 281 g/mol. The fourth-order valence-corrected chi connectivity index (χ4v) is 3.79.